The van der Waals surface area contributed by atoms with Gasteiger partial charge in [-0.1, -0.05) is 11.6 Å². The summed E-state index contributed by atoms with van der Waals surface area (Å²) >= 11 is 5.86. The van der Waals surface area contributed by atoms with Crippen molar-refractivity contribution in [3.63, 3.8) is 0 Å². The van der Waals surface area contributed by atoms with Crippen LogP contribution < -0.4 is 10.6 Å². The molecule has 2 N–H and O–H groups in total. The molecule has 0 aromatic carbocycles. The molecule has 15 heavy (non-hydrogen) atoms. The SMILES string of the molecule is CC(C1CC1)N(C)c1ncnc(Cl)c1N. The van der Waals surface area contributed by atoms with Crippen LogP contribution in [0, 0.1) is 5.92 Å². The first-order valence-electron chi connectivity index (χ1n) is 5.10. The molecule has 0 amide bonds. The van der Waals surface area contributed by atoms with Gasteiger partial charge in [-0.05, 0) is 25.7 Å². The van der Waals surface area contributed by atoms with Crippen molar-refractivity contribution in [1.82, 2.24) is 9.97 Å². The highest BCUT2D eigenvalue weighted by Crippen LogP contribution is 2.37. The highest BCUT2D eigenvalue weighted by Gasteiger charge is 2.31. The van der Waals surface area contributed by atoms with E-state index >= 15 is 0 Å². The van der Waals surface area contributed by atoms with Crippen molar-refractivity contribution in [2.75, 3.05) is 17.7 Å². The van der Waals surface area contributed by atoms with Gasteiger partial charge in [0.2, 0.25) is 0 Å². The van der Waals surface area contributed by atoms with E-state index in [9.17, 15) is 0 Å². The van der Waals surface area contributed by atoms with E-state index in [2.05, 4.69) is 21.8 Å². The van der Waals surface area contributed by atoms with E-state index in [1.165, 1.54) is 19.2 Å². The predicted octanol–water partition coefficient (Wildman–Crippen LogP) is 1.95. The van der Waals surface area contributed by atoms with Gasteiger partial charge in [0.25, 0.3) is 0 Å². The van der Waals surface area contributed by atoms with E-state index in [0.29, 0.717) is 16.9 Å². The first-order chi connectivity index (χ1) is 7.11. The molecule has 5 heteroatoms. The molecule has 0 aliphatic heterocycles. The molecule has 0 bridgehead atoms. The van der Waals surface area contributed by atoms with Gasteiger partial charge in [-0.2, -0.15) is 0 Å². The Morgan fingerprint density at radius 2 is 2.20 bits per heavy atom. The van der Waals surface area contributed by atoms with E-state index in [0.717, 1.165) is 11.7 Å². The summed E-state index contributed by atoms with van der Waals surface area (Å²) in [6.45, 7) is 2.19. The Morgan fingerprint density at radius 1 is 1.53 bits per heavy atom. The number of nitrogens with zero attached hydrogens (tertiary/aromatic N) is 3. The summed E-state index contributed by atoms with van der Waals surface area (Å²) in [5.41, 5.74) is 6.31. The quantitative estimate of drug-likeness (QED) is 0.801. The third-order valence-corrected chi connectivity index (χ3v) is 3.36. The van der Waals surface area contributed by atoms with Crippen LogP contribution in [0.15, 0.2) is 6.33 Å². The monoisotopic (exact) mass is 226 g/mol. The fraction of sp³-hybridized carbons (Fsp3) is 0.600. The molecule has 1 saturated carbocycles. The maximum absolute atomic E-state index is 5.86. The summed E-state index contributed by atoms with van der Waals surface area (Å²) in [6.07, 6.45) is 4.04. The summed E-state index contributed by atoms with van der Waals surface area (Å²) in [6, 6.07) is 0.457. The van der Waals surface area contributed by atoms with Crippen molar-refractivity contribution in [2.24, 2.45) is 5.92 Å². The van der Waals surface area contributed by atoms with Crippen LogP contribution in [0.4, 0.5) is 11.5 Å². The minimum absolute atomic E-state index is 0.329. The average Bonchev–Trinajstić information content (AvgIpc) is 3.03. The first-order valence-corrected chi connectivity index (χ1v) is 5.48. The van der Waals surface area contributed by atoms with Gasteiger partial charge in [0.15, 0.2) is 11.0 Å². The van der Waals surface area contributed by atoms with Crippen LogP contribution in [0.25, 0.3) is 0 Å². The highest BCUT2D eigenvalue weighted by molar-refractivity contribution is 6.32. The van der Waals surface area contributed by atoms with Crippen molar-refractivity contribution in [1.29, 1.82) is 0 Å². The summed E-state index contributed by atoms with van der Waals surface area (Å²) in [5.74, 6) is 1.50. The molecule has 1 aliphatic rings. The van der Waals surface area contributed by atoms with Gasteiger partial charge in [-0.25, -0.2) is 9.97 Å². The van der Waals surface area contributed by atoms with Gasteiger partial charge in [0.1, 0.15) is 12.0 Å². The molecule has 82 valence electrons. The van der Waals surface area contributed by atoms with Crippen LogP contribution in [-0.2, 0) is 0 Å². The second kappa shape index (κ2) is 3.85. The lowest BCUT2D eigenvalue weighted by atomic mass is 10.2. The van der Waals surface area contributed by atoms with E-state index in [1.54, 1.807) is 0 Å². The van der Waals surface area contributed by atoms with E-state index in [4.69, 9.17) is 17.3 Å². The molecule has 1 aliphatic carbocycles. The Balaban J connectivity index is 2.24. The molecule has 4 nitrogen and oxygen atoms in total. The van der Waals surface area contributed by atoms with Gasteiger partial charge >= 0.3 is 0 Å². The lowest BCUT2D eigenvalue weighted by Gasteiger charge is -2.26. The van der Waals surface area contributed by atoms with Gasteiger partial charge in [-0.15, -0.1) is 0 Å². The summed E-state index contributed by atoms with van der Waals surface area (Å²) in [4.78, 5) is 10.1. The standard InChI is InChI=1S/C10H15ClN4/c1-6(7-3-4-7)15(2)10-8(12)9(11)13-5-14-10/h5-7H,3-4,12H2,1-2H3. The fourth-order valence-corrected chi connectivity index (χ4v) is 1.86. The third kappa shape index (κ3) is 2.00. The molecule has 0 saturated heterocycles. The topological polar surface area (TPSA) is 55.0 Å². The number of anilines is 2. The van der Waals surface area contributed by atoms with Crippen molar-refractivity contribution >= 4 is 23.1 Å². The van der Waals surface area contributed by atoms with Crippen LogP contribution in [-0.4, -0.2) is 23.1 Å². The van der Waals surface area contributed by atoms with E-state index < -0.39 is 0 Å². The van der Waals surface area contributed by atoms with Crippen molar-refractivity contribution < 1.29 is 0 Å². The lowest BCUT2D eigenvalue weighted by Crippen LogP contribution is -2.32. The van der Waals surface area contributed by atoms with Crippen LogP contribution in [0.2, 0.25) is 5.15 Å². The van der Waals surface area contributed by atoms with E-state index in [1.807, 2.05) is 7.05 Å². The molecule has 0 radical (unpaired) electrons. The van der Waals surface area contributed by atoms with Crippen LogP contribution in [0.3, 0.4) is 0 Å². The Bertz CT molecular complexity index is 364. The number of nitrogen functional groups attached to an aromatic ring is 1. The Labute approximate surface area is 94.5 Å². The molecule has 1 fully saturated rings. The van der Waals surface area contributed by atoms with Crippen LogP contribution >= 0.6 is 11.6 Å². The lowest BCUT2D eigenvalue weighted by molar-refractivity contribution is 0.604. The number of hydrogen-bond donors (Lipinski definition) is 1. The molecule has 1 aromatic rings. The summed E-state index contributed by atoms with van der Waals surface area (Å²) in [7, 11) is 2.00. The van der Waals surface area contributed by atoms with Gasteiger partial charge in [0, 0.05) is 13.1 Å². The molecule has 1 aromatic heterocycles. The summed E-state index contributed by atoms with van der Waals surface area (Å²) in [5, 5.41) is 0.329. The number of rotatable bonds is 3. The summed E-state index contributed by atoms with van der Waals surface area (Å²) < 4.78 is 0. The molecule has 1 atom stereocenters. The van der Waals surface area contributed by atoms with E-state index in [-0.39, 0.29) is 0 Å². The first kappa shape index (κ1) is 10.5. The maximum atomic E-state index is 5.86. The molecular formula is C10H15ClN4. The largest absolute Gasteiger partial charge is 0.393 e. The smallest absolute Gasteiger partial charge is 0.157 e. The Hall–Kier alpha value is -1.03. The molecule has 2 rings (SSSR count). The van der Waals surface area contributed by atoms with Crippen molar-refractivity contribution in [2.45, 2.75) is 25.8 Å². The minimum atomic E-state index is 0.329. The van der Waals surface area contributed by atoms with Crippen molar-refractivity contribution in [3.05, 3.63) is 11.5 Å². The predicted molar refractivity (Wildman–Crippen MR) is 62.0 cm³/mol. The molecule has 1 heterocycles. The fourth-order valence-electron chi connectivity index (χ4n) is 1.73. The zero-order chi connectivity index (χ0) is 11.0. The normalized spacial score (nSPS) is 17.5. The Morgan fingerprint density at radius 3 is 2.80 bits per heavy atom. The van der Waals surface area contributed by atoms with Crippen LogP contribution in [0.5, 0.6) is 0 Å². The number of nitrogens with two attached hydrogens (primary N) is 1. The molecule has 1 unspecified atom stereocenters. The van der Waals surface area contributed by atoms with Crippen LogP contribution in [0.1, 0.15) is 19.8 Å². The van der Waals surface area contributed by atoms with Crippen molar-refractivity contribution in [3.8, 4) is 0 Å². The zero-order valence-corrected chi connectivity index (χ0v) is 9.70. The second-order valence-electron chi connectivity index (χ2n) is 4.09. The minimum Gasteiger partial charge on any atom is -0.393 e. The average molecular weight is 227 g/mol. The van der Waals surface area contributed by atoms with Gasteiger partial charge in [-0.3, -0.25) is 0 Å². The number of halogens is 1. The molecule has 0 spiro atoms. The third-order valence-electron chi connectivity index (χ3n) is 3.06. The Kier molecular flexibility index (Phi) is 2.69. The van der Waals surface area contributed by atoms with Gasteiger partial charge in [0.05, 0.1) is 0 Å². The molecular weight excluding hydrogens is 212 g/mol. The number of aromatic nitrogens is 2. The van der Waals surface area contributed by atoms with Gasteiger partial charge < -0.3 is 10.6 Å². The second-order valence-corrected chi connectivity index (χ2v) is 4.45. The number of hydrogen-bond acceptors (Lipinski definition) is 4. The highest BCUT2D eigenvalue weighted by atomic mass is 35.5. The zero-order valence-electron chi connectivity index (χ0n) is 8.94. The maximum Gasteiger partial charge on any atom is 0.157 e.